The van der Waals surface area contributed by atoms with E-state index in [-0.39, 0.29) is 5.82 Å². The zero-order valence-corrected chi connectivity index (χ0v) is 11.7. The largest absolute Gasteiger partial charge is 0.494 e. The van der Waals surface area contributed by atoms with Crippen LogP contribution in [0.5, 0.6) is 5.75 Å². The molecule has 2 aromatic carbocycles. The summed E-state index contributed by atoms with van der Waals surface area (Å²) in [5.41, 5.74) is 2.34. The SMILES string of the molecule is CCOc1cccc(CNCCc2ccc(F)cc2)c1. The molecule has 0 saturated carbocycles. The summed E-state index contributed by atoms with van der Waals surface area (Å²) in [6.07, 6.45) is 0.894. The second-order valence-electron chi connectivity index (χ2n) is 4.63. The van der Waals surface area contributed by atoms with Gasteiger partial charge in [0, 0.05) is 6.54 Å². The summed E-state index contributed by atoms with van der Waals surface area (Å²) >= 11 is 0. The van der Waals surface area contributed by atoms with Crippen LogP contribution < -0.4 is 10.1 Å². The second kappa shape index (κ2) is 7.65. The van der Waals surface area contributed by atoms with Gasteiger partial charge in [0.05, 0.1) is 6.61 Å². The molecule has 2 rings (SSSR count). The first-order chi connectivity index (χ1) is 9.78. The molecule has 1 N–H and O–H groups in total. The molecule has 2 aromatic rings. The van der Waals surface area contributed by atoms with Crippen LogP contribution in [0, 0.1) is 5.82 Å². The van der Waals surface area contributed by atoms with Crippen molar-refractivity contribution in [1.82, 2.24) is 5.32 Å². The fourth-order valence-corrected chi connectivity index (χ4v) is 2.03. The molecule has 0 amide bonds. The highest BCUT2D eigenvalue weighted by atomic mass is 19.1. The summed E-state index contributed by atoms with van der Waals surface area (Å²) in [5, 5.41) is 3.38. The Morgan fingerprint density at radius 3 is 2.60 bits per heavy atom. The molecule has 0 saturated heterocycles. The Bertz CT molecular complexity index is 525. The van der Waals surface area contributed by atoms with Gasteiger partial charge in [0.2, 0.25) is 0 Å². The fourth-order valence-electron chi connectivity index (χ4n) is 2.03. The van der Waals surface area contributed by atoms with Gasteiger partial charge in [-0.05, 0) is 55.3 Å². The lowest BCUT2D eigenvalue weighted by molar-refractivity contribution is 0.340. The van der Waals surface area contributed by atoms with Crippen molar-refractivity contribution in [3.63, 3.8) is 0 Å². The van der Waals surface area contributed by atoms with E-state index in [0.29, 0.717) is 6.61 Å². The first-order valence-corrected chi connectivity index (χ1v) is 6.95. The standard InChI is InChI=1S/C17H20FNO/c1-2-20-17-5-3-4-15(12-17)13-19-11-10-14-6-8-16(18)9-7-14/h3-9,12,19H,2,10-11,13H2,1H3. The van der Waals surface area contributed by atoms with Gasteiger partial charge in [-0.2, -0.15) is 0 Å². The van der Waals surface area contributed by atoms with Crippen LogP contribution in [0.1, 0.15) is 18.1 Å². The van der Waals surface area contributed by atoms with Crippen molar-refractivity contribution < 1.29 is 9.13 Å². The summed E-state index contributed by atoms with van der Waals surface area (Å²) in [6, 6.07) is 14.7. The highest BCUT2D eigenvalue weighted by molar-refractivity contribution is 5.28. The Labute approximate surface area is 119 Å². The van der Waals surface area contributed by atoms with E-state index in [1.54, 1.807) is 0 Å². The number of hydrogen-bond acceptors (Lipinski definition) is 2. The average Bonchev–Trinajstić information content (AvgIpc) is 2.46. The predicted molar refractivity (Wildman–Crippen MR) is 79.4 cm³/mol. The van der Waals surface area contributed by atoms with Gasteiger partial charge in [-0.1, -0.05) is 24.3 Å². The van der Waals surface area contributed by atoms with E-state index in [9.17, 15) is 4.39 Å². The van der Waals surface area contributed by atoms with Gasteiger partial charge < -0.3 is 10.1 Å². The van der Waals surface area contributed by atoms with E-state index in [1.165, 1.54) is 17.7 Å². The van der Waals surface area contributed by atoms with E-state index in [1.807, 2.05) is 37.3 Å². The molecule has 0 fully saturated rings. The third-order valence-electron chi connectivity index (χ3n) is 3.04. The zero-order chi connectivity index (χ0) is 14.2. The van der Waals surface area contributed by atoms with Crippen LogP contribution in [0.2, 0.25) is 0 Å². The monoisotopic (exact) mass is 273 g/mol. The molecule has 20 heavy (non-hydrogen) atoms. The molecule has 0 radical (unpaired) electrons. The maximum atomic E-state index is 12.8. The molecule has 0 bridgehead atoms. The van der Waals surface area contributed by atoms with Gasteiger partial charge >= 0.3 is 0 Å². The molecule has 2 nitrogen and oxygen atoms in total. The lowest BCUT2D eigenvalue weighted by Gasteiger charge is -2.08. The summed E-state index contributed by atoms with van der Waals surface area (Å²) in [5.74, 6) is 0.722. The van der Waals surface area contributed by atoms with Crippen LogP contribution in [-0.4, -0.2) is 13.2 Å². The third-order valence-corrected chi connectivity index (χ3v) is 3.04. The van der Waals surface area contributed by atoms with Crippen LogP contribution in [0.3, 0.4) is 0 Å². The topological polar surface area (TPSA) is 21.3 Å². The molecule has 0 spiro atoms. The van der Waals surface area contributed by atoms with Gasteiger partial charge in [0.1, 0.15) is 11.6 Å². The molecule has 0 aliphatic heterocycles. The normalized spacial score (nSPS) is 10.5. The number of halogens is 1. The number of hydrogen-bond donors (Lipinski definition) is 1. The predicted octanol–water partition coefficient (Wildman–Crippen LogP) is 3.56. The molecule has 0 aliphatic rings. The molecule has 0 atom stereocenters. The molecule has 106 valence electrons. The van der Waals surface area contributed by atoms with Crippen molar-refractivity contribution in [2.24, 2.45) is 0 Å². The van der Waals surface area contributed by atoms with E-state index in [0.717, 1.165) is 30.8 Å². The van der Waals surface area contributed by atoms with Crippen LogP contribution in [0.4, 0.5) is 4.39 Å². The maximum absolute atomic E-state index is 12.8. The van der Waals surface area contributed by atoms with Crippen molar-refractivity contribution in [3.8, 4) is 5.75 Å². The minimum absolute atomic E-state index is 0.186. The smallest absolute Gasteiger partial charge is 0.123 e. The minimum atomic E-state index is -0.186. The number of rotatable bonds is 7. The lowest BCUT2D eigenvalue weighted by atomic mass is 10.1. The van der Waals surface area contributed by atoms with Crippen molar-refractivity contribution in [3.05, 3.63) is 65.5 Å². The first-order valence-electron chi connectivity index (χ1n) is 6.95. The lowest BCUT2D eigenvalue weighted by Crippen LogP contribution is -2.16. The highest BCUT2D eigenvalue weighted by Gasteiger charge is 1.97. The molecule has 0 unspecified atom stereocenters. The van der Waals surface area contributed by atoms with Crippen LogP contribution in [0.15, 0.2) is 48.5 Å². The summed E-state index contributed by atoms with van der Waals surface area (Å²) in [4.78, 5) is 0. The van der Waals surface area contributed by atoms with Crippen molar-refractivity contribution in [2.75, 3.05) is 13.2 Å². The van der Waals surface area contributed by atoms with Crippen LogP contribution >= 0.6 is 0 Å². The quantitative estimate of drug-likeness (QED) is 0.779. The Morgan fingerprint density at radius 2 is 1.85 bits per heavy atom. The second-order valence-corrected chi connectivity index (χ2v) is 4.63. The van der Waals surface area contributed by atoms with E-state index in [2.05, 4.69) is 11.4 Å². The fraction of sp³-hybridized carbons (Fsp3) is 0.294. The van der Waals surface area contributed by atoms with Crippen LogP contribution in [0.25, 0.3) is 0 Å². The van der Waals surface area contributed by atoms with Crippen molar-refractivity contribution in [2.45, 2.75) is 19.9 Å². The Balaban J connectivity index is 1.75. The zero-order valence-electron chi connectivity index (χ0n) is 11.7. The third kappa shape index (κ3) is 4.67. The van der Waals surface area contributed by atoms with E-state index < -0.39 is 0 Å². The van der Waals surface area contributed by atoms with E-state index in [4.69, 9.17) is 4.74 Å². The maximum Gasteiger partial charge on any atom is 0.123 e. The minimum Gasteiger partial charge on any atom is -0.494 e. The Morgan fingerprint density at radius 1 is 1.05 bits per heavy atom. The molecule has 0 aliphatic carbocycles. The number of nitrogens with one attached hydrogen (secondary N) is 1. The molecular formula is C17H20FNO. The van der Waals surface area contributed by atoms with Gasteiger partial charge in [0.25, 0.3) is 0 Å². The van der Waals surface area contributed by atoms with E-state index >= 15 is 0 Å². The van der Waals surface area contributed by atoms with Gasteiger partial charge in [0.15, 0.2) is 0 Å². The van der Waals surface area contributed by atoms with Gasteiger partial charge in [-0.3, -0.25) is 0 Å². The average molecular weight is 273 g/mol. The Kier molecular flexibility index (Phi) is 5.56. The van der Waals surface area contributed by atoms with Crippen molar-refractivity contribution in [1.29, 1.82) is 0 Å². The molecule has 0 heterocycles. The number of ether oxygens (including phenoxy) is 1. The Hall–Kier alpha value is -1.87. The summed E-state index contributed by atoms with van der Waals surface area (Å²) < 4.78 is 18.2. The molecular weight excluding hydrogens is 253 g/mol. The summed E-state index contributed by atoms with van der Waals surface area (Å²) in [6.45, 7) is 4.33. The van der Waals surface area contributed by atoms with Gasteiger partial charge in [-0.25, -0.2) is 4.39 Å². The van der Waals surface area contributed by atoms with Gasteiger partial charge in [-0.15, -0.1) is 0 Å². The number of benzene rings is 2. The van der Waals surface area contributed by atoms with Crippen molar-refractivity contribution >= 4 is 0 Å². The highest BCUT2D eigenvalue weighted by Crippen LogP contribution is 2.13. The molecule has 3 heteroatoms. The first kappa shape index (κ1) is 14.5. The van der Waals surface area contributed by atoms with Crippen LogP contribution in [-0.2, 0) is 13.0 Å². The molecule has 0 aromatic heterocycles. The summed E-state index contributed by atoms with van der Waals surface area (Å²) in [7, 11) is 0.